The molecule has 0 spiro atoms. The normalized spacial score (nSPS) is 9.58. The SMILES string of the molecule is Cc1cc(Br)cc(C(=O)NN)c1. The molecule has 0 aliphatic rings. The molecular formula is C8H9BrN2O. The Bertz CT molecular complexity index is 292. The molecule has 0 saturated heterocycles. The van der Waals surface area contributed by atoms with Crippen LogP contribution >= 0.6 is 15.9 Å². The molecule has 0 radical (unpaired) electrons. The van der Waals surface area contributed by atoms with E-state index in [-0.39, 0.29) is 5.91 Å². The average Bonchev–Trinajstić information content (AvgIpc) is 2.01. The van der Waals surface area contributed by atoms with E-state index in [4.69, 9.17) is 5.84 Å². The first-order valence-electron chi connectivity index (χ1n) is 3.41. The molecule has 1 aromatic rings. The monoisotopic (exact) mass is 228 g/mol. The number of benzene rings is 1. The van der Waals surface area contributed by atoms with Gasteiger partial charge < -0.3 is 0 Å². The van der Waals surface area contributed by atoms with E-state index in [2.05, 4.69) is 21.4 Å². The minimum atomic E-state index is -0.278. The number of nitrogen functional groups attached to an aromatic ring is 1. The molecule has 0 heterocycles. The molecule has 0 aliphatic carbocycles. The van der Waals surface area contributed by atoms with Crippen LogP contribution in [0.15, 0.2) is 22.7 Å². The number of carbonyl (C=O) groups is 1. The van der Waals surface area contributed by atoms with E-state index in [0.29, 0.717) is 5.56 Å². The van der Waals surface area contributed by atoms with Crippen molar-refractivity contribution in [2.45, 2.75) is 6.92 Å². The third kappa shape index (κ3) is 2.06. The van der Waals surface area contributed by atoms with E-state index < -0.39 is 0 Å². The Morgan fingerprint density at radius 1 is 1.50 bits per heavy atom. The zero-order chi connectivity index (χ0) is 9.14. The Morgan fingerprint density at radius 2 is 2.17 bits per heavy atom. The third-order valence-corrected chi connectivity index (χ3v) is 1.89. The van der Waals surface area contributed by atoms with Crippen LogP contribution in [0.1, 0.15) is 15.9 Å². The van der Waals surface area contributed by atoms with Crippen LogP contribution < -0.4 is 11.3 Å². The van der Waals surface area contributed by atoms with Crippen molar-refractivity contribution in [1.29, 1.82) is 0 Å². The summed E-state index contributed by atoms with van der Waals surface area (Å²) in [5.74, 6) is 4.71. The zero-order valence-corrected chi connectivity index (χ0v) is 8.18. The fourth-order valence-corrected chi connectivity index (χ4v) is 1.56. The van der Waals surface area contributed by atoms with E-state index >= 15 is 0 Å². The van der Waals surface area contributed by atoms with Gasteiger partial charge in [0.15, 0.2) is 0 Å². The van der Waals surface area contributed by atoms with Crippen molar-refractivity contribution in [3.05, 3.63) is 33.8 Å². The number of hydrogen-bond acceptors (Lipinski definition) is 2. The lowest BCUT2D eigenvalue weighted by atomic mass is 10.1. The standard InChI is InChI=1S/C8H9BrN2O/c1-5-2-6(8(12)11-10)4-7(9)3-5/h2-4H,10H2,1H3,(H,11,12). The highest BCUT2D eigenvalue weighted by molar-refractivity contribution is 9.10. The molecule has 0 aliphatic heterocycles. The summed E-state index contributed by atoms with van der Waals surface area (Å²) < 4.78 is 0.876. The van der Waals surface area contributed by atoms with Gasteiger partial charge in [0.25, 0.3) is 5.91 Å². The van der Waals surface area contributed by atoms with Gasteiger partial charge in [-0.25, -0.2) is 5.84 Å². The molecule has 1 amide bonds. The summed E-state index contributed by atoms with van der Waals surface area (Å²) in [6.07, 6.45) is 0. The van der Waals surface area contributed by atoms with Crippen molar-refractivity contribution in [2.24, 2.45) is 5.84 Å². The minimum absolute atomic E-state index is 0.278. The predicted molar refractivity (Wildman–Crippen MR) is 50.5 cm³/mol. The summed E-state index contributed by atoms with van der Waals surface area (Å²) in [4.78, 5) is 11.1. The van der Waals surface area contributed by atoms with E-state index in [0.717, 1.165) is 10.0 Å². The lowest BCUT2D eigenvalue weighted by Gasteiger charge is -2.01. The van der Waals surface area contributed by atoms with Gasteiger partial charge >= 0.3 is 0 Å². The first-order chi connectivity index (χ1) is 5.63. The molecule has 0 fully saturated rings. The van der Waals surface area contributed by atoms with Crippen LogP contribution in [0, 0.1) is 6.92 Å². The van der Waals surface area contributed by atoms with Gasteiger partial charge in [-0.15, -0.1) is 0 Å². The van der Waals surface area contributed by atoms with E-state index in [1.54, 1.807) is 12.1 Å². The number of rotatable bonds is 1. The molecule has 3 N–H and O–H groups in total. The van der Waals surface area contributed by atoms with Crippen molar-refractivity contribution < 1.29 is 4.79 Å². The highest BCUT2D eigenvalue weighted by Crippen LogP contribution is 2.14. The van der Waals surface area contributed by atoms with Gasteiger partial charge in [-0.3, -0.25) is 10.2 Å². The number of nitrogens with two attached hydrogens (primary N) is 1. The topological polar surface area (TPSA) is 55.1 Å². The first kappa shape index (κ1) is 9.22. The van der Waals surface area contributed by atoms with Gasteiger partial charge in [0.05, 0.1) is 0 Å². The number of carbonyl (C=O) groups excluding carboxylic acids is 1. The van der Waals surface area contributed by atoms with Crippen LogP contribution in [0.2, 0.25) is 0 Å². The van der Waals surface area contributed by atoms with Crippen LogP contribution in [0.25, 0.3) is 0 Å². The molecule has 0 aromatic heterocycles. The van der Waals surface area contributed by atoms with Crippen molar-refractivity contribution in [3.63, 3.8) is 0 Å². The molecule has 4 heteroatoms. The highest BCUT2D eigenvalue weighted by Gasteiger charge is 2.03. The summed E-state index contributed by atoms with van der Waals surface area (Å²) in [6.45, 7) is 1.91. The molecule has 1 aromatic carbocycles. The summed E-state index contributed by atoms with van der Waals surface area (Å²) >= 11 is 3.29. The van der Waals surface area contributed by atoms with Gasteiger partial charge in [0.2, 0.25) is 0 Å². The van der Waals surface area contributed by atoms with Crippen molar-refractivity contribution in [2.75, 3.05) is 0 Å². The summed E-state index contributed by atoms with van der Waals surface area (Å²) in [6, 6.07) is 5.41. The molecule has 0 bridgehead atoms. The van der Waals surface area contributed by atoms with E-state index in [9.17, 15) is 4.79 Å². The Morgan fingerprint density at radius 3 is 2.67 bits per heavy atom. The van der Waals surface area contributed by atoms with E-state index in [1.165, 1.54) is 0 Å². The Kier molecular flexibility index (Phi) is 2.83. The van der Waals surface area contributed by atoms with E-state index in [1.807, 2.05) is 13.0 Å². The second-order valence-corrected chi connectivity index (χ2v) is 3.41. The van der Waals surface area contributed by atoms with Gasteiger partial charge in [-0.2, -0.15) is 0 Å². The predicted octanol–water partition coefficient (Wildman–Crippen LogP) is 1.36. The van der Waals surface area contributed by atoms with Crippen LogP contribution in [-0.2, 0) is 0 Å². The Balaban J connectivity index is 3.08. The van der Waals surface area contributed by atoms with Gasteiger partial charge in [-0.05, 0) is 30.7 Å². The fraction of sp³-hybridized carbons (Fsp3) is 0.125. The summed E-state index contributed by atoms with van der Waals surface area (Å²) in [5, 5.41) is 0. The zero-order valence-electron chi connectivity index (χ0n) is 6.60. The van der Waals surface area contributed by atoms with Crippen LogP contribution in [0.4, 0.5) is 0 Å². The smallest absolute Gasteiger partial charge is 0.265 e. The molecule has 0 saturated carbocycles. The van der Waals surface area contributed by atoms with Crippen LogP contribution in [-0.4, -0.2) is 5.91 Å². The maximum atomic E-state index is 11.1. The molecule has 3 nitrogen and oxygen atoms in total. The molecule has 64 valence electrons. The largest absolute Gasteiger partial charge is 0.290 e. The maximum absolute atomic E-state index is 11.1. The molecule has 12 heavy (non-hydrogen) atoms. The van der Waals surface area contributed by atoms with Gasteiger partial charge in [0.1, 0.15) is 0 Å². The maximum Gasteiger partial charge on any atom is 0.265 e. The minimum Gasteiger partial charge on any atom is -0.290 e. The quantitative estimate of drug-likeness (QED) is 0.434. The van der Waals surface area contributed by atoms with Gasteiger partial charge in [0, 0.05) is 10.0 Å². The lowest BCUT2D eigenvalue weighted by Crippen LogP contribution is -2.29. The number of halogens is 1. The van der Waals surface area contributed by atoms with Crippen molar-refractivity contribution in [3.8, 4) is 0 Å². The lowest BCUT2D eigenvalue weighted by molar-refractivity contribution is 0.0953. The molecule has 0 atom stereocenters. The van der Waals surface area contributed by atoms with Gasteiger partial charge in [-0.1, -0.05) is 15.9 Å². The fourth-order valence-electron chi connectivity index (χ4n) is 0.951. The molecular weight excluding hydrogens is 220 g/mol. The number of nitrogens with one attached hydrogen (secondary N) is 1. The van der Waals surface area contributed by atoms with Crippen molar-refractivity contribution in [1.82, 2.24) is 5.43 Å². The van der Waals surface area contributed by atoms with Crippen LogP contribution in [0.5, 0.6) is 0 Å². The first-order valence-corrected chi connectivity index (χ1v) is 4.21. The second-order valence-electron chi connectivity index (χ2n) is 2.49. The average molecular weight is 229 g/mol. The number of amides is 1. The Labute approximate surface area is 79.1 Å². The second kappa shape index (κ2) is 3.69. The highest BCUT2D eigenvalue weighted by atomic mass is 79.9. The molecule has 1 rings (SSSR count). The van der Waals surface area contributed by atoms with Crippen molar-refractivity contribution >= 4 is 21.8 Å². The number of hydrazine groups is 1. The summed E-state index contributed by atoms with van der Waals surface area (Å²) in [7, 11) is 0. The summed E-state index contributed by atoms with van der Waals surface area (Å²) in [5.41, 5.74) is 3.65. The number of aryl methyl sites for hydroxylation is 1. The molecule has 0 unspecified atom stereocenters. The Hall–Kier alpha value is -0.870. The third-order valence-electron chi connectivity index (χ3n) is 1.44. The number of hydrogen-bond donors (Lipinski definition) is 2. The van der Waals surface area contributed by atoms with Crippen LogP contribution in [0.3, 0.4) is 0 Å².